The van der Waals surface area contributed by atoms with E-state index in [4.69, 9.17) is 0 Å². The predicted molar refractivity (Wildman–Crippen MR) is 53.7 cm³/mol. The molecule has 0 spiro atoms. The number of nitrogens with one attached hydrogen (secondary N) is 1. The summed E-state index contributed by atoms with van der Waals surface area (Å²) >= 11 is 0. The number of nitrogens with zero attached hydrogens (tertiary/aromatic N) is 4. The van der Waals surface area contributed by atoms with E-state index in [0.29, 0.717) is 5.69 Å². The topological polar surface area (TPSA) is 55.6 Å². The maximum absolute atomic E-state index is 12.8. The fraction of sp³-hybridized carbons (Fsp3) is 0.222. The third-order valence-corrected chi connectivity index (χ3v) is 2.03. The summed E-state index contributed by atoms with van der Waals surface area (Å²) in [5.74, 6) is 0.0407. The fourth-order valence-corrected chi connectivity index (χ4v) is 1.26. The van der Waals surface area contributed by atoms with Crippen molar-refractivity contribution in [3.05, 3.63) is 30.2 Å². The Labute approximate surface area is 90.1 Å². The highest BCUT2D eigenvalue weighted by molar-refractivity contribution is 5.48. The van der Waals surface area contributed by atoms with Gasteiger partial charge >= 0.3 is 0 Å². The minimum Gasteiger partial charge on any atom is -0.387 e. The van der Waals surface area contributed by atoms with Crippen LogP contribution in [0.5, 0.6) is 0 Å². The van der Waals surface area contributed by atoms with Gasteiger partial charge in [-0.25, -0.2) is 13.8 Å². The van der Waals surface area contributed by atoms with Crippen LogP contribution in [0.2, 0.25) is 0 Å². The Kier molecular flexibility index (Phi) is 2.76. The molecule has 0 aliphatic rings. The Hall–Kier alpha value is -2.05. The molecular formula is C9H9F2N5. The van der Waals surface area contributed by atoms with Gasteiger partial charge < -0.3 is 5.32 Å². The molecule has 7 heteroatoms. The molecule has 2 heterocycles. The zero-order valence-corrected chi connectivity index (χ0v) is 8.43. The second-order valence-corrected chi connectivity index (χ2v) is 3.01. The zero-order chi connectivity index (χ0) is 11.5. The number of anilines is 1. The van der Waals surface area contributed by atoms with Crippen molar-refractivity contribution in [2.24, 2.45) is 0 Å². The van der Waals surface area contributed by atoms with Gasteiger partial charge in [0.05, 0.1) is 29.8 Å². The van der Waals surface area contributed by atoms with Gasteiger partial charge in [-0.05, 0) is 6.07 Å². The van der Waals surface area contributed by atoms with Gasteiger partial charge in [-0.1, -0.05) is 0 Å². The summed E-state index contributed by atoms with van der Waals surface area (Å²) in [6, 6.07) is 1.33. The van der Waals surface area contributed by atoms with E-state index >= 15 is 0 Å². The molecule has 16 heavy (non-hydrogen) atoms. The zero-order valence-electron chi connectivity index (χ0n) is 8.43. The lowest BCUT2D eigenvalue weighted by atomic mass is 10.2. The van der Waals surface area contributed by atoms with Crippen LogP contribution in [0.25, 0.3) is 5.82 Å². The Balaban J connectivity index is 2.53. The summed E-state index contributed by atoms with van der Waals surface area (Å²) in [7, 11) is 1.64. The molecular weight excluding hydrogens is 216 g/mol. The average molecular weight is 225 g/mol. The first-order valence-corrected chi connectivity index (χ1v) is 4.55. The monoisotopic (exact) mass is 225 g/mol. The molecule has 2 rings (SSSR count). The number of aromatic nitrogens is 4. The Morgan fingerprint density at radius 1 is 1.31 bits per heavy atom. The molecule has 0 bridgehead atoms. The lowest BCUT2D eigenvalue weighted by Gasteiger charge is -2.08. The Morgan fingerprint density at radius 3 is 2.56 bits per heavy atom. The molecule has 0 fully saturated rings. The van der Waals surface area contributed by atoms with Crippen LogP contribution in [-0.4, -0.2) is 27.0 Å². The summed E-state index contributed by atoms with van der Waals surface area (Å²) in [6.45, 7) is 0. The molecule has 2 aromatic rings. The van der Waals surface area contributed by atoms with Crippen LogP contribution >= 0.6 is 0 Å². The molecule has 0 unspecified atom stereocenters. The lowest BCUT2D eigenvalue weighted by Crippen LogP contribution is -2.07. The van der Waals surface area contributed by atoms with Gasteiger partial charge in [-0.3, -0.25) is 0 Å². The largest absolute Gasteiger partial charge is 0.387 e. The lowest BCUT2D eigenvalue weighted by molar-refractivity contribution is 0.150. The number of halogens is 2. The molecule has 1 N–H and O–H groups in total. The molecule has 0 saturated heterocycles. The smallest absolute Gasteiger partial charge is 0.267 e. The first-order chi connectivity index (χ1) is 7.72. The molecule has 0 atom stereocenters. The van der Waals surface area contributed by atoms with E-state index in [2.05, 4.69) is 20.5 Å². The molecule has 84 valence electrons. The molecule has 0 aliphatic heterocycles. The Morgan fingerprint density at radius 2 is 2.00 bits per heavy atom. The summed E-state index contributed by atoms with van der Waals surface area (Å²) in [6.07, 6.45) is 1.64. The quantitative estimate of drug-likeness (QED) is 0.862. The van der Waals surface area contributed by atoms with Gasteiger partial charge in [0, 0.05) is 7.05 Å². The number of hydrogen-bond acceptors (Lipinski definition) is 4. The van der Waals surface area contributed by atoms with E-state index < -0.39 is 6.43 Å². The van der Waals surface area contributed by atoms with Crippen LogP contribution in [0.15, 0.2) is 24.7 Å². The minimum absolute atomic E-state index is 0.0407. The van der Waals surface area contributed by atoms with E-state index in [1.165, 1.54) is 24.7 Å². The maximum Gasteiger partial charge on any atom is 0.267 e. The van der Waals surface area contributed by atoms with Crippen molar-refractivity contribution >= 4 is 5.69 Å². The summed E-state index contributed by atoms with van der Waals surface area (Å²) in [5.41, 5.74) is 0.314. The van der Waals surface area contributed by atoms with Crippen molar-refractivity contribution in [2.45, 2.75) is 6.43 Å². The van der Waals surface area contributed by atoms with Gasteiger partial charge in [-0.15, -0.1) is 4.80 Å². The first-order valence-electron chi connectivity index (χ1n) is 4.55. The van der Waals surface area contributed by atoms with Crippen molar-refractivity contribution in [3.63, 3.8) is 0 Å². The molecule has 0 radical (unpaired) electrons. The molecule has 5 nitrogen and oxygen atoms in total. The third-order valence-electron chi connectivity index (χ3n) is 2.03. The van der Waals surface area contributed by atoms with Crippen LogP contribution in [0.1, 0.15) is 12.0 Å². The van der Waals surface area contributed by atoms with E-state index in [-0.39, 0.29) is 11.4 Å². The highest BCUT2D eigenvalue weighted by Gasteiger charge is 2.17. The number of hydrogen-bond donors (Lipinski definition) is 1. The van der Waals surface area contributed by atoms with Gasteiger partial charge in [0.15, 0.2) is 5.82 Å². The van der Waals surface area contributed by atoms with E-state index in [0.717, 1.165) is 4.80 Å². The van der Waals surface area contributed by atoms with E-state index in [9.17, 15) is 8.78 Å². The van der Waals surface area contributed by atoms with Gasteiger partial charge in [-0.2, -0.15) is 10.2 Å². The van der Waals surface area contributed by atoms with Gasteiger partial charge in [0.25, 0.3) is 6.43 Å². The highest BCUT2D eigenvalue weighted by atomic mass is 19.3. The molecule has 0 amide bonds. The molecule has 2 aromatic heterocycles. The SMILES string of the molecule is CNc1cnc(-n2nccn2)c(C(F)F)c1. The van der Waals surface area contributed by atoms with Gasteiger partial charge in [0.2, 0.25) is 0 Å². The minimum atomic E-state index is -2.62. The Bertz CT molecular complexity index is 469. The standard InChI is InChI=1S/C9H9F2N5/c1-12-6-4-7(8(10)11)9(13-5-6)16-14-2-3-15-16/h2-5,8,12H,1H3. The fourth-order valence-electron chi connectivity index (χ4n) is 1.26. The molecule has 0 aliphatic carbocycles. The third kappa shape index (κ3) is 1.83. The van der Waals surface area contributed by atoms with E-state index in [1.54, 1.807) is 7.05 Å². The average Bonchev–Trinajstić information content (AvgIpc) is 2.81. The van der Waals surface area contributed by atoms with Crippen LogP contribution in [0, 0.1) is 0 Å². The number of pyridine rings is 1. The predicted octanol–water partition coefficient (Wildman–Crippen LogP) is 1.64. The van der Waals surface area contributed by atoms with Crippen molar-refractivity contribution in [3.8, 4) is 5.82 Å². The van der Waals surface area contributed by atoms with Crippen molar-refractivity contribution in [2.75, 3.05) is 12.4 Å². The first kappa shape index (κ1) is 10.5. The second-order valence-electron chi connectivity index (χ2n) is 3.01. The molecule has 0 saturated carbocycles. The molecule has 0 aromatic carbocycles. The highest BCUT2D eigenvalue weighted by Crippen LogP contribution is 2.25. The van der Waals surface area contributed by atoms with Crippen molar-refractivity contribution < 1.29 is 8.78 Å². The second kappa shape index (κ2) is 4.21. The van der Waals surface area contributed by atoms with Crippen molar-refractivity contribution in [1.82, 2.24) is 20.0 Å². The van der Waals surface area contributed by atoms with Crippen LogP contribution in [-0.2, 0) is 0 Å². The van der Waals surface area contributed by atoms with Crippen LogP contribution in [0.3, 0.4) is 0 Å². The summed E-state index contributed by atoms with van der Waals surface area (Å²) in [5, 5.41) is 10.3. The number of rotatable bonds is 3. The van der Waals surface area contributed by atoms with Crippen molar-refractivity contribution in [1.29, 1.82) is 0 Å². The maximum atomic E-state index is 12.8. The van der Waals surface area contributed by atoms with Gasteiger partial charge in [0.1, 0.15) is 0 Å². The summed E-state index contributed by atoms with van der Waals surface area (Å²) < 4.78 is 25.6. The summed E-state index contributed by atoms with van der Waals surface area (Å²) in [4.78, 5) is 4.98. The van der Waals surface area contributed by atoms with E-state index in [1.807, 2.05) is 0 Å². The van der Waals surface area contributed by atoms with Crippen LogP contribution < -0.4 is 5.32 Å². The van der Waals surface area contributed by atoms with Crippen LogP contribution in [0.4, 0.5) is 14.5 Å². The normalized spacial score (nSPS) is 10.8. The number of alkyl halides is 2.